The summed E-state index contributed by atoms with van der Waals surface area (Å²) in [5.74, 6) is -0.312. The second-order valence-electron chi connectivity index (χ2n) is 6.40. The van der Waals surface area contributed by atoms with Crippen LogP contribution in [0, 0.1) is 6.92 Å². The number of benzene rings is 1. The molecule has 1 atom stereocenters. The molecule has 1 aromatic carbocycles. The number of aryl methyl sites for hydroxylation is 1. The third-order valence-corrected chi connectivity index (χ3v) is 4.47. The molecule has 2 amide bonds. The Balaban J connectivity index is 1.72. The summed E-state index contributed by atoms with van der Waals surface area (Å²) in [4.78, 5) is 32.8. The Labute approximate surface area is 147 Å². The summed E-state index contributed by atoms with van der Waals surface area (Å²) in [7, 11) is 0. The highest BCUT2D eigenvalue weighted by Gasteiger charge is 2.35. The van der Waals surface area contributed by atoms with Gasteiger partial charge in [-0.2, -0.15) is 0 Å². The van der Waals surface area contributed by atoms with Gasteiger partial charge in [0.2, 0.25) is 5.91 Å². The first-order valence-corrected chi connectivity index (χ1v) is 8.32. The van der Waals surface area contributed by atoms with Crippen LogP contribution >= 0.6 is 0 Å². The van der Waals surface area contributed by atoms with Gasteiger partial charge in [-0.1, -0.05) is 29.8 Å². The molecule has 1 aliphatic heterocycles. The van der Waals surface area contributed by atoms with Crippen LogP contribution in [0.4, 0.5) is 5.69 Å². The zero-order chi connectivity index (χ0) is 18.0. The number of nitrogen functional groups attached to an aromatic ring is 1. The Morgan fingerprint density at radius 3 is 2.80 bits per heavy atom. The van der Waals surface area contributed by atoms with Crippen LogP contribution in [0.15, 0.2) is 42.6 Å². The number of piperazine rings is 1. The van der Waals surface area contributed by atoms with Crippen LogP contribution in [0.1, 0.15) is 28.5 Å². The lowest BCUT2D eigenvalue weighted by Crippen LogP contribution is -2.57. The molecular formula is C19H22N4O2. The third kappa shape index (κ3) is 3.63. The van der Waals surface area contributed by atoms with Gasteiger partial charge in [0, 0.05) is 31.5 Å². The molecule has 1 saturated heterocycles. The summed E-state index contributed by atoms with van der Waals surface area (Å²) in [5.41, 5.74) is 8.74. The fourth-order valence-electron chi connectivity index (χ4n) is 3.11. The van der Waals surface area contributed by atoms with Gasteiger partial charge in [-0.25, -0.2) is 0 Å². The SMILES string of the molecule is Cc1cccc(CN2CCN(C(=O)c3cc(N)ccn3)C(C)C2=O)c1. The van der Waals surface area contributed by atoms with Gasteiger partial charge in [-0.05, 0) is 31.5 Å². The van der Waals surface area contributed by atoms with Crippen LogP contribution in [0.25, 0.3) is 0 Å². The van der Waals surface area contributed by atoms with Crippen molar-refractivity contribution in [1.82, 2.24) is 14.8 Å². The number of carbonyl (C=O) groups excluding carboxylic acids is 2. The molecule has 130 valence electrons. The van der Waals surface area contributed by atoms with Crippen molar-refractivity contribution in [2.45, 2.75) is 26.4 Å². The van der Waals surface area contributed by atoms with Crippen LogP contribution in [0.3, 0.4) is 0 Å². The van der Waals surface area contributed by atoms with Gasteiger partial charge in [0.05, 0.1) is 0 Å². The van der Waals surface area contributed by atoms with Crippen molar-refractivity contribution in [2.24, 2.45) is 0 Å². The van der Waals surface area contributed by atoms with Crippen molar-refractivity contribution >= 4 is 17.5 Å². The number of hydrogen-bond donors (Lipinski definition) is 1. The van der Waals surface area contributed by atoms with E-state index in [0.29, 0.717) is 25.3 Å². The van der Waals surface area contributed by atoms with Gasteiger partial charge < -0.3 is 15.5 Å². The molecule has 1 fully saturated rings. The minimum atomic E-state index is -0.519. The number of rotatable bonds is 3. The number of nitrogens with two attached hydrogens (primary N) is 1. The molecule has 0 radical (unpaired) electrons. The predicted molar refractivity (Wildman–Crippen MR) is 95.7 cm³/mol. The van der Waals surface area contributed by atoms with Crippen LogP contribution in [0.2, 0.25) is 0 Å². The quantitative estimate of drug-likeness (QED) is 0.926. The number of nitrogens with zero attached hydrogens (tertiary/aromatic N) is 3. The van der Waals surface area contributed by atoms with Crippen molar-refractivity contribution in [3.05, 3.63) is 59.4 Å². The lowest BCUT2D eigenvalue weighted by Gasteiger charge is -2.39. The molecule has 0 saturated carbocycles. The first-order chi connectivity index (χ1) is 12.0. The van der Waals surface area contributed by atoms with Crippen LogP contribution in [-0.2, 0) is 11.3 Å². The first-order valence-electron chi connectivity index (χ1n) is 8.32. The number of pyridine rings is 1. The molecule has 3 rings (SSSR count). The van der Waals surface area contributed by atoms with Crippen LogP contribution in [0.5, 0.6) is 0 Å². The van der Waals surface area contributed by atoms with Crippen molar-refractivity contribution in [1.29, 1.82) is 0 Å². The number of carbonyl (C=O) groups is 2. The van der Waals surface area contributed by atoms with E-state index in [4.69, 9.17) is 5.73 Å². The van der Waals surface area contributed by atoms with Gasteiger partial charge in [0.1, 0.15) is 11.7 Å². The summed E-state index contributed by atoms with van der Waals surface area (Å²) in [6, 6.07) is 10.8. The topological polar surface area (TPSA) is 79.5 Å². The smallest absolute Gasteiger partial charge is 0.273 e. The minimum absolute atomic E-state index is 0.0509. The number of hydrogen-bond acceptors (Lipinski definition) is 4. The molecule has 0 bridgehead atoms. The molecule has 6 nitrogen and oxygen atoms in total. The van der Waals surface area contributed by atoms with E-state index in [0.717, 1.165) is 5.56 Å². The molecule has 2 aromatic rings. The van der Waals surface area contributed by atoms with Crippen LogP contribution < -0.4 is 5.73 Å². The van der Waals surface area contributed by atoms with Gasteiger partial charge in [-0.15, -0.1) is 0 Å². The average Bonchev–Trinajstić information content (AvgIpc) is 2.59. The Bertz CT molecular complexity index is 806. The van der Waals surface area contributed by atoms with E-state index in [1.807, 2.05) is 25.1 Å². The van der Waals surface area contributed by atoms with Gasteiger partial charge >= 0.3 is 0 Å². The van der Waals surface area contributed by atoms with Crippen molar-refractivity contribution < 1.29 is 9.59 Å². The molecule has 1 unspecified atom stereocenters. The van der Waals surface area contributed by atoms with Gasteiger partial charge in [-0.3, -0.25) is 14.6 Å². The zero-order valence-electron chi connectivity index (χ0n) is 14.5. The molecule has 2 N–H and O–H groups in total. The summed E-state index contributed by atoms with van der Waals surface area (Å²) in [6.45, 7) is 5.33. The molecule has 1 aliphatic rings. The second-order valence-corrected chi connectivity index (χ2v) is 6.40. The number of anilines is 1. The van der Waals surface area contributed by atoms with Gasteiger partial charge in [0.25, 0.3) is 5.91 Å². The molecule has 0 spiro atoms. The normalized spacial score (nSPS) is 17.7. The highest BCUT2D eigenvalue weighted by atomic mass is 16.2. The maximum Gasteiger partial charge on any atom is 0.273 e. The molecule has 1 aromatic heterocycles. The summed E-state index contributed by atoms with van der Waals surface area (Å²) < 4.78 is 0. The number of aromatic nitrogens is 1. The molecule has 2 heterocycles. The summed E-state index contributed by atoms with van der Waals surface area (Å²) in [5, 5.41) is 0. The van der Waals surface area contributed by atoms with Gasteiger partial charge in [0.15, 0.2) is 0 Å². The maximum atomic E-state index is 12.7. The van der Waals surface area contributed by atoms with E-state index in [9.17, 15) is 9.59 Å². The Hall–Kier alpha value is -2.89. The monoisotopic (exact) mass is 338 g/mol. The molecule has 6 heteroatoms. The number of amides is 2. The predicted octanol–water partition coefficient (Wildman–Crippen LogP) is 1.85. The highest BCUT2D eigenvalue weighted by molar-refractivity contribution is 5.97. The van der Waals surface area contributed by atoms with Crippen molar-refractivity contribution in [3.63, 3.8) is 0 Å². The average molecular weight is 338 g/mol. The Kier molecular flexibility index (Phi) is 4.70. The summed E-state index contributed by atoms with van der Waals surface area (Å²) >= 11 is 0. The standard InChI is InChI=1S/C19H22N4O2/c1-13-4-3-5-15(10-13)12-22-8-9-23(14(2)18(22)24)19(25)17-11-16(20)6-7-21-17/h3-7,10-11,14H,8-9,12H2,1-2H3,(H2,20,21). The van der Waals surface area contributed by atoms with E-state index in [1.165, 1.54) is 11.8 Å². The Morgan fingerprint density at radius 2 is 2.08 bits per heavy atom. The maximum absolute atomic E-state index is 12.7. The fourth-order valence-corrected chi connectivity index (χ4v) is 3.11. The highest BCUT2D eigenvalue weighted by Crippen LogP contribution is 2.18. The summed E-state index contributed by atoms with van der Waals surface area (Å²) in [6.07, 6.45) is 1.50. The molecule has 25 heavy (non-hydrogen) atoms. The first kappa shape index (κ1) is 17.0. The largest absolute Gasteiger partial charge is 0.399 e. The van der Waals surface area contributed by atoms with Crippen molar-refractivity contribution in [2.75, 3.05) is 18.8 Å². The van der Waals surface area contributed by atoms with Crippen LogP contribution in [-0.4, -0.2) is 45.7 Å². The third-order valence-electron chi connectivity index (χ3n) is 4.47. The Morgan fingerprint density at radius 1 is 1.28 bits per heavy atom. The fraction of sp³-hybridized carbons (Fsp3) is 0.316. The van der Waals surface area contributed by atoms with Crippen molar-refractivity contribution in [3.8, 4) is 0 Å². The minimum Gasteiger partial charge on any atom is -0.399 e. The molecule has 0 aliphatic carbocycles. The zero-order valence-corrected chi connectivity index (χ0v) is 14.5. The van der Waals surface area contributed by atoms with E-state index in [2.05, 4.69) is 11.1 Å². The lowest BCUT2D eigenvalue weighted by molar-refractivity contribution is -0.140. The lowest BCUT2D eigenvalue weighted by atomic mass is 10.1. The van der Waals surface area contributed by atoms with E-state index >= 15 is 0 Å². The second kappa shape index (κ2) is 6.93. The van der Waals surface area contributed by atoms with E-state index in [-0.39, 0.29) is 17.5 Å². The van der Waals surface area contributed by atoms with E-state index < -0.39 is 6.04 Å². The van der Waals surface area contributed by atoms with E-state index in [1.54, 1.807) is 28.9 Å². The molecular weight excluding hydrogens is 316 g/mol.